The zero-order valence-electron chi connectivity index (χ0n) is 11.4. The van der Waals surface area contributed by atoms with E-state index in [1.54, 1.807) is 6.07 Å². The SMILES string of the molecule is O=C(O)C[C@H](C(=O)O)N1C(=O)/C(=C/c2cccc(F)c2)SC1=S. The molecule has 1 aliphatic rings. The number of aliphatic carboxylic acids is 2. The summed E-state index contributed by atoms with van der Waals surface area (Å²) in [7, 11) is 0. The van der Waals surface area contributed by atoms with Crippen LogP contribution >= 0.6 is 24.0 Å². The lowest BCUT2D eigenvalue weighted by Crippen LogP contribution is -2.45. The molecule has 2 N–H and O–H groups in total. The number of carbonyl (C=O) groups is 3. The van der Waals surface area contributed by atoms with Gasteiger partial charge in [0.05, 0.1) is 11.3 Å². The molecule has 1 aliphatic heterocycles. The van der Waals surface area contributed by atoms with Crippen molar-refractivity contribution in [3.05, 3.63) is 40.6 Å². The van der Waals surface area contributed by atoms with Crippen molar-refractivity contribution in [3.63, 3.8) is 0 Å². The first-order valence-corrected chi connectivity index (χ1v) is 7.49. The van der Waals surface area contributed by atoms with Gasteiger partial charge in [-0.25, -0.2) is 9.18 Å². The molecule has 0 saturated carbocycles. The van der Waals surface area contributed by atoms with E-state index in [2.05, 4.69) is 0 Å². The monoisotopic (exact) mass is 355 g/mol. The van der Waals surface area contributed by atoms with E-state index < -0.39 is 36.1 Å². The summed E-state index contributed by atoms with van der Waals surface area (Å²) in [5.74, 6) is -4.02. The molecule has 6 nitrogen and oxygen atoms in total. The molecule has 0 aromatic heterocycles. The Labute approximate surface area is 139 Å². The van der Waals surface area contributed by atoms with Crippen LogP contribution in [-0.4, -0.2) is 43.3 Å². The van der Waals surface area contributed by atoms with Gasteiger partial charge in [-0.15, -0.1) is 0 Å². The molecule has 0 bridgehead atoms. The lowest BCUT2D eigenvalue weighted by molar-refractivity contribution is -0.150. The third-order valence-corrected chi connectivity index (χ3v) is 4.27. The van der Waals surface area contributed by atoms with Gasteiger partial charge in [0.2, 0.25) is 0 Å². The van der Waals surface area contributed by atoms with Crippen LogP contribution in [-0.2, 0) is 14.4 Å². The Balaban J connectivity index is 2.32. The lowest BCUT2D eigenvalue weighted by Gasteiger charge is -2.21. The van der Waals surface area contributed by atoms with Gasteiger partial charge in [0.15, 0.2) is 0 Å². The molecule has 0 spiro atoms. The Hall–Kier alpha value is -2.26. The van der Waals surface area contributed by atoms with E-state index in [4.69, 9.17) is 22.4 Å². The molecule has 0 aliphatic carbocycles. The lowest BCUT2D eigenvalue weighted by atomic mass is 10.1. The van der Waals surface area contributed by atoms with Crippen LogP contribution in [0.3, 0.4) is 0 Å². The number of thiocarbonyl (C=S) groups is 1. The first-order chi connectivity index (χ1) is 10.8. The van der Waals surface area contributed by atoms with Gasteiger partial charge in [0.1, 0.15) is 16.2 Å². The number of benzene rings is 1. The van der Waals surface area contributed by atoms with Crippen molar-refractivity contribution in [3.8, 4) is 0 Å². The van der Waals surface area contributed by atoms with Crippen molar-refractivity contribution >= 4 is 52.2 Å². The van der Waals surface area contributed by atoms with Crippen molar-refractivity contribution < 1.29 is 29.0 Å². The van der Waals surface area contributed by atoms with E-state index in [9.17, 15) is 18.8 Å². The van der Waals surface area contributed by atoms with Gasteiger partial charge < -0.3 is 10.2 Å². The molecule has 23 heavy (non-hydrogen) atoms. The third kappa shape index (κ3) is 3.93. The molecule has 1 amide bonds. The molecule has 1 atom stereocenters. The third-order valence-electron chi connectivity index (χ3n) is 2.93. The molecule has 120 valence electrons. The topological polar surface area (TPSA) is 94.9 Å². The van der Waals surface area contributed by atoms with Gasteiger partial charge in [-0.1, -0.05) is 36.1 Å². The molecule has 0 radical (unpaired) electrons. The molecule has 0 unspecified atom stereocenters. The molecular weight excluding hydrogens is 345 g/mol. The number of rotatable bonds is 5. The number of hydrogen-bond donors (Lipinski definition) is 2. The van der Waals surface area contributed by atoms with Crippen molar-refractivity contribution in [2.45, 2.75) is 12.5 Å². The highest BCUT2D eigenvalue weighted by Gasteiger charge is 2.41. The van der Waals surface area contributed by atoms with Crippen LogP contribution in [0.15, 0.2) is 29.2 Å². The minimum absolute atomic E-state index is 0.0497. The maximum absolute atomic E-state index is 13.2. The predicted molar refractivity (Wildman–Crippen MR) is 85.1 cm³/mol. The summed E-state index contributed by atoms with van der Waals surface area (Å²) in [4.78, 5) is 35.2. The summed E-state index contributed by atoms with van der Waals surface area (Å²) in [5.41, 5.74) is 0.413. The van der Waals surface area contributed by atoms with Gasteiger partial charge in [-0.2, -0.15) is 0 Å². The van der Waals surface area contributed by atoms with Gasteiger partial charge in [0, 0.05) is 0 Å². The summed E-state index contributed by atoms with van der Waals surface area (Å²) in [6.45, 7) is 0. The molecule has 9 heteroatoms. The second-order valence-electron chi connectivity index (χ2n) is 4.56. The molecular formula is C14H10FNO5S2. The molecule has 1 fully saturated rings. The van der Waals surface area contributed by atoms with Crippen LogP contribution < -0.4 is 0 Å². The zero-order valence-corrected chi connectivity index (χ0v) is 13.1. The van der Waals surface area contributed by atoms with Gasteiger partial charge in [0.25, 0.3) is 5.91 Å². The largest absolute Gasteiger partial charge is 0.481 e. The summed E-state index contributed by atoms with van der Waals surface area (Å²) < 4.78 is 13.1. The second kappa shape index (κ2) is 6.88. The summed E-state index contributed by atoms with van der Waals surface area (Å²) in [6.07, 6.45) is 0.608. The highest BCUT2D eigenvalue weighted by atomic mass is 32.2. The van der Waals surface area contributed by atoms with E-state index in [0.717, 1.165) is 16.7 Å². The Morgan fingerprint density at radius 1 is 1.39 bits per heavy atom. The first-order valence-electron chi connectivity index (χ1n) is 6.27. The highest BCUT2D eigenvalue weighted by molar-refractivity contribution is 8.26. The van der Waals surface area contributed by atoms with Crippen LogP contribution in [0.5, 0.6) is 0 Å². The van der Waals surface area contributed by atoms with Gasteiger partial charge in [-0.3, -0.25) is 14.5 Å². The molecule has 1 heterocycles. The van der Waals surface area contributed by atoms with E-state index in [0.29, 0.717) is 5.56 Å². The highest BCUT2D eigenvalue weighted by Crippen LogP contribution is 2.34. The first kappa shape index (κ1) is 17.1. The smallest absolute Gasteiger partial charge is 0.327 e. The number of hydrogen-bond acceptors (Lipinski definition) is 5. The van der Waals surface area contributed by atoms with E-state index in [1.165, 1.54) is 24.3 Å². The number of carboxylic acid groups (broad SMARTS) is 2. The van der Waals surface area contributed by atoms with E-state index in [-0.39, 0.29) is 9.23 Å². The number of amides is 1. The fraction of sp³-hybridized carbons (Fsp3) is 0.143. The van der Waals surface area contributed by atoms with E-state index in [1.807, 2.05) is 0 Å². The molecule has 1 aromatic carbocycles. The van der Waals surface area contributed by atoms with E-state index >= 15 is 0 Å². The Morgan fingerprint density at radius 3 is 2.65 bits per heavy atom. The van der Waals surface area contributed by atoms with Gasteiger partial charge in [-0.05, 0) is 23.8 Å². The minimum Gasteiger partial charge on any atom is -0.481 e. The summed E-state index contributed by atoms with van der Waals surface area (Å²) in [6, 6.07) is 3.90. The maximum atomic E-state index is 13.2. The predicted octanol–water partition coefficient (Wildman–Crippen LogP) is 1.95. The Morgan fingerprint density at radius 2 is 2.09 bits per heavy atom. The van der Waals surface area contributed by atoms with Crippen molar-refractivity contribution in [1.82, 2.24) is 4.90 Å². The maximum Gasteiger partial charge on any atom is 0.327 e. The standard InChI is InChI=1S/C14H10FNO5S2/c15-8-3-1-2-7(4-8)5-10-12(19)16(14(22)23-10)9(13(20)21)6-11(17)18/h1-5,9H,6H2,(H,17,18)(H,20,21)/b10-5-/t9-/m1/s1. The normalized spacial score (nSPS) is 17.6. The molecule has 1 saturated heterocycles. The number of nitrogens with zero attached hydrogens (tertiary/aromatic N) is 1. The average molecular weight is 355 g/mol. The van der Waals surface area contributed by atoms with Crippen LogP contribution in [0.2, 0.25) is 0 Å². The molecule has 2 rings (SSSR count). The van der Waals surface area contributed by atoms with Crippen LogP contribution in [0.1, 0.15) is 12.0 Å². The van der Waals surface area contributed by atoms with Crippen LogP contribution in [0, 0.1) is 5.82 Å². The van der Waals surface area contributed by atoms with Crippen molar-refractivity contribution in [2.24, 2.45) is 0 Å². The number of carboxylic acids is 2. The fourth-order valence-electron chi connectivity index (χ4n) is 1.95. The second-order valence-corrected chi connectivity index (χ2v) is 6.23. The minimum atomic E-state index is -1.58. The average Bonchev–Trinajstić information content (AvgIpc) is 2.71. The van der Waals surface area contributed by atoms with Gasteiger partial charge >= 0.3 is 11.9 Å². The zero-order chi connectivity index (χ0) is 17.1. The molecule has 1 aromatic rings. The number of halogens is 1. The fourth-order valence-corrected chi connectivity index (χ4v) is 3.31. The van der Waals surface area contributed by atoms with Crippen LogP contribution in [0.25, 0.3) is 6.08 Å². The Kier molecular flexibility index (Phi) is 5.12. The van der Waals surface area contributed by atoms with Crippen LogP contribution in [0.4, 0.5) is 4.39 Å². The summed E-state index contributed by atoms with van der Waals surface area (Å²) >= 11 is 5.83. The quantitative estimate of drug-likeness (QED) is 0.616. The number of carbonyl (C=O) groups excluding carboxylic acids is 1. The Bertz CT molecular complexity index is 734. The summed E-state index contributed by atoms with van der Waals surface area (Å²) in [5, 5.41) is 17.9. The van der Waals surface area contributed by atoms with Crippen molar-refractivity contribution in [1.29, 1.82) is 0 Å². The van der Waals surface area contributed by atoms with Crippen molar-refractivity contribution in [2.75, 3.05) is 0 Å². The number of thioether (sulfide) groups is 1.